The lowest BCUT2D eigenvalue weighted by Gasteiger charge is -2.33. The van der Waals surface area contributed by atoms with Gasteiger partial charge in [-0.05, 0) is 50.7 Å². The molecule has 3 heterocycles. The highest BCUT2D eigenvalue weighted by molar-refractivity contribution is 5.77. The smallest absolute Gasteiger partial charge is 0.317 e. The molecule has 2 fully saturated rings. The lowest BCUT2D eigenvalue weighted by atomic mass is 9.93. The van der Waals surface area contributed by atoms with E-state index in [1.165, 1.54) is 0 Å². The number of likely N-dealkylation sites (tertiary alicyclic amines) is 2. The van der Waals surface area contributed by atoms with Crippen molar-refractivity contribution < 1.29 is 14.0 Å². The van der Waals surface area contributed by atoms with E-state index in [0.717, 1.165) is 44.5 Å². The molecule has 6 heteroatoms. The Morgan fingerprint density at radius 1 is 1.21 bits per heavy atom. The van der Waals surface area contributed by atoms with E-state index in [-0.39, 0.29) is 12.1 Å². The van der Waals surface area contributed by atoms with E-state index in [2.05, 4.69) is 5.32 Å². The Morgan fingerprint density at radius 2 is 1.92 bits per heavy atom. The normalized spacial score (nSPS) is 20.2. The van der Waals surface area contributed by atoms with Crippen molar-refractivity contribution in [1.29, 1.82) is 0 Å². The molecule has 2 aliphatic rings. The van der Waals surface area contributed by atoms with E-state index in [4.69, 9.17) is 4.42 Å². The van der Waals surface area contributed by atoms with Gasteiger partial charge in [-0.1, -0.05) is 0 Å². The molecule has 1 atom stereocenters. The van der Waals surface area contributed by atoms with Crippen LogP contribution in [0.15, 0.2) is 22.8 Å². The van der Waals surface area contributed by atoms with Crippen LogP contribution in [-0.4, -0.2) is 47.9 Å². The molecule has 0 bridgehead atoms. The molecule has 0 aliphatic carbocycles. The highest BCUT2D eigenvalue weighted by Crippen LogP contribution is 2.23. The molecule has 24 heavy (non-hydrogen) atoms. The number of hydrogen-bond acceptors (Lipinski definition) is 3. The Hall–Kier alpha value is -1.98. The topological polar surface area (TPSA) is 65.8 Å². The van der Waals surface area contributed by atoms with Gasteiger partial charge in [-0.15, -0.1) is 0 Å². The van der Waals surface area contributed by atoms with Gasteiger partial charge < -0.3 is 19.5 Å². The summed E-state index contributed by atoms with van der Waals surface area (Å²) < 4.78 is 5.32. The van der Waals surface area contributed by atoms with Crippen molar-refractivity contribution in [3.63, 3.8) is 0 Å². The summed E-state index contributed by atoms with van der Waals surface area (Å²) in [5.74, 6) is 1.46. The van der Waals surface area contributed by atoms with E-state index < -0.39 is 0 Å². The second-order valence-corrected chi connectivity index (χ2v) is 6.91. The first-order valence-electron chi connectivity index (χ1n) is 9.00. The zero-order chi connectivity index (χ0) is 16.9. The van der Waals surface area contributed by atoms with Gasteiger partial charge in [0.25, 0.3) is 0 Å². The van der Waals surface area contributed by atoms with Crippen molar-refractivity contribution in [1.82, 2.24) is 15.1 Å². The summed E-state index contributed by atoms with van der Waals surface area (Å²) in [7, 11) is 0. The van der Waals surface area contributed by atoms with Gasteiger partial charge in [0, 0.05) is 32.6 Å². The van der Waals surface area contributed by atoms with E-state index in [0.29, 0.717) is 31.3 Å². The van der Waals surface area contributed by atoms with Crippen LogP contribution >= 0.6 is 0 Å². The van der Waals surface area contributed by atoms with Gasteiger partial charge in [-0.3, -0.25) is 4.79 Å². The van der Waals surface area contributed by atoms with Gasteiger partial charge >= 0.3 is 6.03 Å². The fourth-order valence-electron chi connectivity index (χ4n) is 3.57. The summed E-state index contributed by atoms with van der Waals surface area (Å²) in [4.78, 5) is 28.4. The summed E-state index contributed by atoms with van der Waals surface area (Å²) in [5.41, 5.74) is 0. The SMILES string of the molecule is CC(NC(=O)N1CCC(CC(=O)N2CCCC2)CC1)c1ccco1. The number of carbonyl (C=O) groups excluding carboxylic acids is 2. The molecule has 2 aliphatic heterocycles. The highest BCUT2D eigenvalue weighted by atomic mass is 16.3. The number of furan rings is 1. The average Bonchev–Trinajstić information content (AvgIpc) is 3.29. The Kier molecular flexibility index (Phi) is 5.43. The summed E-state index contributed by atoms with van der Waals surface area (Å²) >= 11 is 0. The van der Waals surface area contributed by atoms with Crippen LogP contribution in [-0.2, 0) is 4.79 Å². The lowest BCUT2D eigenvalue weighted by molar-refractivity contribution is -0.131. The molecule has 6 nitrogen and oxygen atoms in total. The molecular weight excluding hydrogens is 306 g/mol. The summed E-state index contributed by atoms with van der Waals surface area (Å²) in [6.45, 7) is 5.19. The van der Waals surface area contributed by atoms with E-state index in [9.17, 15) is 9.59 Å². The molecule has 0 aromatic carbocycles. The van der Waals surface area contributed by atoms with Crippen LogP contribution < -0.4 is 5.32 Å². The molecule has 1 N–H and O–H groups in total. The molecule has 132 valence electrons. The minimum Gasteiger partial charge on any atom is -0.467 e. The number of hydrogen-bond donors (Lipinski definition) is 1. The highest BCUT2D eigenvalue weighted by Gasteiger charge is 2.27. The number of piperidine rings is 1. The maximum absolute atomic E-state index is 12.3. The second-order valence-electron chi connectivity index (χ2n) is 6.91. The minimum atomic E-state index is -0.137. The lowest BCUT2D eigenvalue weighted by Crippen LogP contribution is -2.45. The van der Waals surface area contributed by atoms with Gasteiger partial charge in [0.05, 0.1) is 12.3 Å². The van der Waals surface area contributed by atoms with Crippen LogP contribution in [0.3, 0.4) is 0 Å². The number of rotatable bonds is 4. The van der Waals surface area contributed by atoms with Gasteiger partial charge in [0.2, 0.25) is 5.91 Å². The predicted octanol–water partition coefficient (Wildman–Crippen LogP) is 2.77. The standard InChI is InChI=1S/C18H27N3O3/c1-14(16-5-4-12-24-16)19-18(23)21-10-6-15(7-11-21)13-17(22)20-8-2-3-9-20/h4-5,12,14-15H,2-3,6-11,13H2,1H3,(H,19,23). The molecule has 1 unspecified atom stereocenters. The quantitative estimate of drug-likeness (QED) is 0.921. The number of carbonyl (C=O) groups is 2. The Bertz CT molecular complexity index is 544. The van der Waals surface area contributed by atoms with E-state index in [1.807, 2.05) is 28.9 Å². The van der Waals surface area contributed by atoms with E-state index in [1.54, 1.807) is 6.26 Å². The van der Waals surface area contributed by atoms with Gasteiger partial charge in [0.1, 0.15) is 5.76 Å². The van der Waals surface area contributed by atoms with Crippen LogP contribution in [0.1, 0.15) is 50.8 Å². The second kappa shape index (κ2) is 7.73. The monoisotopic (exact) mass is 333 g/mol. The van der Waals surface area contributed by atoms with Crippen molar-refractivity contribution in [2.24, 2.45) is 5.92 Å². The molecule has 0 radical (unpaired) electrons. The largest absolute Gasteiger partial charge is 0.467 e. The number of nitrogens with zero attached hydrogens (tertiary/aromatic N) is 2. The first kappa shape index (κ1) is 16.9. The third-order valence-electron chi connectivity index (χ3n) is 5.13. The van der Waals surface area contributed by atoms with E-state index >= 15 is 0 Å². The minimum absolute atomic E-state index is 0.0526. The van der Waals surface area contributed by atoms with Crippen molar-refractivity contribution in [2.45, 2.75) is 45.1 Å². The van der Waals surface area contributed by atoms with Crippen LogP contribution in [0.5, 0.6) is 0 Å². The molecular formula is C18H27N3O3. The first-order chi connectivity index (χ1) is 11.6. The summed E-state index contributed by atoms with van der Waals surface area (Å²) in [6.07, 6.45) is 6.33. The first-order valence-corrected chi connectivity index (χ1v) is 9.00. The molecule has 3 rings (SSSR count). The predicted molar refractivity (Wildman–Crippen MR) is 90.4 cm³/mol. The molecule has 2 saturated heterocycles. The Labute approximate surface area is 143 Å². The van der Waals surface area contributed by atoms with Crippen molar-refractivity contribution in [3.8, 4) is 0 Å². The molecule has 0 saturated carbocycles. The van der Waals surface area contributed by atoms with Crippen LogP contribution in [0.2, 0.25) is 0 Å². The van der Waals surface area contributed by atoms with Gasteiger partial charge in [-0.2, -0.15) is 0 Å². The van der Waals surface area contributed by atoms with Crippen molar-refractivity contribution in [3.05, 3.63) is 24.2 Å². The third kappa shape index (κ3) is 4.10. The average molecular weight is 333 g/mol. The van der Waals surface area contributed by atoms with Crippen LogP contribution in [0.25, 0.3) is 0 Å². The van der Waals surface area contributed by atoms with Gasteiger partial charge in [-0.25, -0.2) is 4.79 Å². The fraction of sp³-hybridized carbons (Fsp3) is 0.667. The maximum Gasteiger partial charge on any atom is 0.317 e. The molecule has 1 aromatic heterocycles. The van der Waals surface area contributed by atoms with Crippen molar-refractivity contribution >= 4 is 11.9 Å². The number of amides is 3. The van der Waals surface area contributed by atoms with Crippen LogP contribution in [0, 0.1) is 5.92 Å². The molecule has 3 amide bonds. The summed E-state index contributed by atoms with van der Waals surface area (Å²) in [5, 5.41) is 2.97. The fourth-order valence-corrected chi connectivity index (χ4v) is 3.57. The molecule has 1 aromatic rings. The number of urea groups is 1. The number of nitrogens with one attached hydrogen (secondary N) is 1. The Balaban J connectivity index is 1.41. The van der Waals surface area contributed by atoms with Gasteiger partial charge in [0.15, 0.2) is 0 Å². The Morgan fingerprint density at radius 3 is 2.54 bits per heavy atom. The van der Waals surface area contributed by atoms with Crippen LogP contribution in [0.4, 0.5) is 4.79 Å². The third-order valence-corrected chi connectivity index (χ3v) is 5.13. The zero-order valence-corrected chi connectivity index (χ0v) is 14.4. The maximum atomic E-state index is 12.3. The summed E-state index contributed by atoms with van der Waals surface area (Å²) in [6, 6.07) is 3.49. The zero-order valence-electron chi connectivity index (χ0n) is 14.4. The van der Waals surface area contributed by atoms with Crippen molar-refractivity contribution in [2.75, 3.05) is 26.2 Å². The molecule has 0 spiro atoms.